The van der Waals surface area contributed by atoms with Crippen LogP contribution in [0.3, 0.4) is 0 Å². The van der Waals surface area contributed by atoms with Crippen LogP contribution < -0.4 is 11.1 Å². The quantitative estimate of drug-likeness (QED) is 0.795. The molecule has 0 bridgehead atoms. The van der Waals surface area contributed by atoms with E-state index >= 15 is 0 Å². The standard InChI is InChI=1S/C12H11FN4O/c13-10-2-1-8(5-11(10)14)12(18)16-6-9-3-4-15-7-17-9/h1-5,7H,6,14H2,(H,16,18). The van der Waals surface area contributed by atoms with Crippen molar-refractivity contribution in [1.82, 2.24) is 15.3 Å². The zero-order valence-corrected chi connectivity index (χ0v) is 9.43. The van der Waals surface area contributed by atoms with Crippen molar-refractivity contribution in [3.8, 4) is 0 Å². The van der Waals surface area contributed by atoms with Crippen LogP contribution in [0.15, 0.2) is 36.8 Å². The van der Waals surface area contributed by atoms with Crippen LogP contribution in [0.1, 0.15) is 16.1 Å². The SMILES string of the molecule is Nc1cc(C(=O)NCc2ccncn2)ccc1F. The second-order valence-electron chi connectivity index (χ2n) is 3.62. The highest BCUT2D eigenvalue weighted by atomic mass is 19.1. The topological polar surface area (TPSA) is 80.9 Å². The minimum absolute atomic E-state index is 0.0512. The number of aromatic nitrogens is 2. The molecule has 0 fully saturated rings. The molecule has 0 atom stereocenters. The summed E-state index contributed by atoms with van der Waals surface area (Å²) in [5.41, 5.74) is 6.34. The van der Waals surface area contributed by atoms with Crippen molar-refractivity contribution in [3.05, 3.63) is 53.9 Å². The van der Waals surface area contributed by atoms with Crippen molar-refractivity contribution in [2.45, 2.75) is 6.54 Å². The number of nitrogens with two attached hydrogens (primary N) is 1. The number of halogens is 1. The molecule has 1 amide bonds. The van der Waals surface area contributed by atoms with Crippen LogP contribution in [-0.2, 0) is 6.54 Å². The summed E-state index contributed by atoms with van der Waals surface area (Å²) < 4.78 is 12.9. The Bertz CT molecular complexity index is 559. The van der Waals surface area contributed by atoms with Crippen LogP contribution in [0.25, 0.3) is 0 Å². The van der Waals surface area contributed by atoms with Gasteiger partial charge in [-0.05, 0) is 24.3 Å². The van der Waals surface area contributed by atoms with E-state index in [1.54, 1.807) is 12.3 Å². The summed E-state index contributed by atoms with van der Waals surface area (Å²) in [6, 6.07) is 5.53. The van der Waals surface area contributed by atoms with Gasteiger partial charge in [0.25, 0.3) is 5.91 Å². The average Bonchev–Trinajstić information content (AvgIpc) is 2.40. The van der Waals surface area contributed by atoms with Gasteiger partial charge in [-0.1, -0.05) is 0 Å². The molecular weight excluding hydrogens is 235 g/mol. The summed E-state index contributed by atoms with van der Waals surface area (Å²) >= 11 is 0. The van der Waals surface area contributed by atoms with Gasteiger partial charge in [0.15, 0.2) is 0 Å². The molecular formula is C12H11FN4O. The molecule has 1 aromatic heterocycles. The van der Waals surface area contributed by atoms with Gasteiger partial charge < -0.3 is 11.1 Å². The Kier molecular flexibility index (Phi) is 3.47. The van der Waals surface area contributed by atoms with Gasteiger partial charge in [-0.2, -0.15) is 0 Å². The molecule has 1 aromatic carbocycles. The Morgan fingerprint density at radius 1 is 1.39 bits per heavy atom. The van der Waals surface area contributed by atoms with E-state index in [0.717, 1.165) is 6.07 Å². The second-order valence-corrected chi connectivity index (χ2v) is 3.62. The summed E-state index contributed by atoms with van der Waals surface area (Å²) in [6.45, 7) is 0.276. The number of nitrogen functional groups attached to an aromatic ring is 1. The molecule has 0 saturated heterocycles. The van der Waals surface area contributed by atoms with E-state index in [1.807, 2.05) is 0 Å². The molecule has 3 N–H and O–H groups in total. The Hall–Kier alpha value is -2.50. The van der Waals surface area contributed by atoms with E-state index in [1.165, 1.54) is 18.5 Å². The summed E-state index contributed by atoms with van der Waals surface area (Å²) in [4.78, 5) is 19.5. The number of rotatable bonds is 3. The van der Waals surface area contributed by atoms with Gasteiger partial charge in [0.2, 0.25) is 0 Å². The van der Waals surface area contributed by atoms with Crippen molar-refractivity contribution in [3.63, 3.8) is 0 Å². The molecule has 0 unspecified atom stereocenters. The molecule has 0 aliphatic carbocycles. The third-order valence-corrected chi connectivity index (χ3v) is 2.33. The lowest BCUT2D eigenvalue weighted by Crippen LogP contribution is -2.23. The van der Waals surface area contributed by atoms with Crippen molar-refractivity contribution < 1.29 is 9.18 Å². The lowest BCUT2D eigenvalue weighted by molar-refractivity contribution is 0.0950. The van der Waals surface area contributed by atoms with E-state index in [2.05, 4.69) is 15.3 Å². The molecule has 18 heavy (non-hydrogen) atoms. The molecule has 5 nitrogen and oxygen atoms in total. The van der Waals surface area contributed by atoms with E-state index in [9.17, 15) is 9.18 Å². The van der Waals surface area contributed by atoms with E-state index in [-0.39, 0.29) is 18.1 Å². The fraction of sp³-hybridized carbons (Fsp3) is 0.0833. The molecule has 0 aliphatic heterocycles. The van der Waals surface area contributed by atoms with Crippen LogP contribution in [-0.4, -0.2) is 15.9 Å². The largest absolute Gasteiger partial charge is 0.396 e. The zero-order valence-electron chi connectivity index (χ0n) is 9.43. The molecule has 0 radical (unpaired) electrons. The fourth-order valence-corrected chi connectivity index (χ4v) is 1.38. The second kappa shape index (κ2) is 5.22. The highest BCUT2D eigenvalue weighted by Crippen LogP contribution is 2.12. The molecule has 0 aliphatic rings. The number of anilines is 1. The molecule has 2 rings (SSSR count). The summed E-state index contributed by atoms with van der Waals surface area (Å²) in [5.74, 6) is -0.873. The zero-order chi connectivity index (χ0) is 13.0. The first-order valence-electron chi connectivity index (χ1n) is 5.25. The Balaban J connectivity index is 2.02. The highest BCUT2D eigenvalue weighted by Gasteiger charge is 2.07. The first-order valence-corrected chi connectivity index (χ1v) is 5.25. The highest BCUT2D eigenvalue weighted by molar-refractivity contribution is 5.94. The number of hydrogen-bond acceptors (Lipinski definition) is 4. The summed E-state index contributed by atoms with van der Waals surface area (Å²) in [6.07, 6.45) is 2.99. The van der Waals surface area contributed by atoms with Crippen LogP contribution in [0, 0.1) is 5.82 Å². The van der Waals surface area contributed by atoms with Gasteiger partial charge in [0.05, 0.1) is 17.9 Å². The third-order valence-electron chi connectivity index (χ3n) is 2.33. The summed E-state index contributed by atoms with van der Waals surface area (Å²) in [7, 11) is 0. The predicted molar refractivity (Wildman–Crippen MR) is 64.0 cm³/mol. The maximum atomic E-state index is 12.9. The first kappa shape index (κ1) is 12.0. The smallest absolute Gasteiger partial charge is 0.251 e. The third kappa shape index (κ3) is 2.79. The van der Waals surface area contributed by atoms with Crippen LogP contribution in [0.5, 0.6) is 0 Å². The summed E-state index contributed by atoms with van der Waals surface area (Å²) in [5, 5.41) is 2.65. The van der Waals surface area contributed by atoms with E-state index < -0.39 is 5.82 Å². The minimum atomic E-state index is -0.539. The predicted octanol–water partition coefficient (Wildman–Crippen LogP) is 1.13. The normalized spacial score (nSPS) is 10.1. The Morgan fingerprint density at radius 3 is 2.89 bits per heavy atom. The lowest BCUT2D eigenvalue weighted by Gasteiger charge is -2.05. The van der Waals surface area contributed by atoms with Crippen LogP contribution in [0.2, 0.25) is 0 Å². The average molecular weight is 246 g/mol. The Morgan fingerprint density at radius 2 is 2.22 bits per heavy atom. The van der Waals surface area contributed by atoms with Gasteiger partial charge in [0, 0.05) is 11.8 Å². The van der Waals surface area contributed by atoms with Crippen molar-refractivity contribution in [1.29, 1.82) is 0 Å². The number of amides is 1. The molecule has 92 valence electrons. The lowest BCUT2D eigenvalue weighted by atomic mass is 10.2. The monoisotopic (exact) mass is 246 g/mol. The number of hydrogen-bond donors (Lipinski definition) is 2. The van der Waals surface area contributed by atoms with Gasteiger partial charge >= 0.3 is 0 Å². The van der Waals surface area contributed by atoms with Gasteiger partial charge in [0.1, 0.15) is 12.1 Å². The molecule has 6 heteroatoms. The maximum Gasteiger partial charge on any atom is 0.251 e. The number of nitrogens with one attached hydrogen (secondary N) is 1. The molecule has 0 spiro atoms. The number of benzene rings is 1. The first-order chi connectivity index (χ1) is 8.66. The van der Waals surface area contributed by atoms with Crippen molar-refractivity contribution in [2.24, 2.45) is 0 Å². The number of nitrogens with zero attached hydrogens (tertiary/aromatic N) is 2. The minimum Gasteiger partial charge on any atom is -0.396 e. The fourth-order valence-electron chi connectivity index (χ4n) is 1.38. The van der Waals surface area contributed by atoms with E-state index in [0.29, 0.717) is 11.3 Å². The van der Waals surface area contributed by atoms with E-state index in [4.69, 9.17) is 5.73 Å². The van der Waals surface area contributed by atoms with Crippen LogP contribution >= 0.6 is 0 Å². The molecule has 2 aromatic rings. The van der Waals surface area contributed by atoms with Crippen molar-refractivity contribution >= 4 is 11.6 Å². The van der Waals surface area contributed by atoms with Gasteiger partial charge in [-0.25, -0.2) is 14.4 Å². The Labute approximate surface area is 103 Å². The van der Waals surface area contributed by atoms with Gasteiger partial charge in [-0.15, -0.1) is 0 Å². The van der Waals surface area contributed by atoms with Gasteiger partial charge in [-0.3, -0.25) is 4.79 Å². The molecule has 0 saturated carbocycles. The van der Waals surface area contributed by atoms with Crippen LogP contribution in [0.4, 0.5) is 10.1 Å². The number of carbonyl (C=O) groups excluding carboxylic acids is 1. The van der Waals surface area contributed by atoms with Crippen molar-refractivity contribution in [2.75, 3.05) is 5.73 Å². The number of carbonyl (C=O) groups is 1. The maximum absolute atomic E-state index is 12.9. The molecule has 1 heterocycles.